The average Bonchev–Trinajstić information content (AvgIpc) is 3.12. The lowest BCUT2D eigenvalue weighted by atomic mass is 9.94. The van der Waals surface area contributed by atoms with Crippen LogP contribution in [0.25, 0.3) is 11.1 Å². The molecule has 1 saturated heterocycles. The van der Waals surface area contributed by atoms with Crippen molar-refractivity contribution in [3.05, 3.63) is 59.7 Å². The van der Waals surface area contributed by atoms with Crippen molar-refractivity contribution in [3.63, 3.8) is 0 Å². The molecule has 4 rings (SSSR count). The van der Waals surface area contributed by atoms with E-state index >= 15 is 0 Å². The number of ether oxygens (including phenoxy) is 2. The summed E-state index contributed by atoms with van der Waals surface area (Å²) in [7, 11) is 0. The quantitative estimate of drug-likeness (QED) is 0.658. The Labute approximate surface area is 185 Å². The molecule has 5 heteroatoms. The molecule has 2 fully saturated rings. The zero-order valence-corrected chi connectivity index (χ0v) is 18.3. The molecule has 1 saturated carbocycles. The van der Waals surface area contributed by atoms with E-state index in [1.165, 1.54) is 16.7 Å². The molecule has 166 valence electrons. The number of hydrogen-bond donors (Lipinski definition) is 1. The molecule has 5 nitrogen and oxygen atoms in total. The summed E-state index contributed by atoms with van der Waals surface area (Å²) < 4.78 is 11.8. The molecule has 0 amide bonds. The Morgan fingerprint density at radius 3 is 2.35 bits per heavy atom. The van der Waals surface area contributed by atoms with Crippen LogP contribution in [0.2, 0.25) is 0 Å². The normalized spacial score (nSPS) is 26.8. The van der Waals surface area contributed by atoms with E-state index in [1.807, 2.05) is 0 Å². The fourth-order valence-corrected chi connectivity index (χ4v) is 5.00. The average molecular weight is 424 g/mol. The van der Waals surface area contributed by atoms with E-state index in [0.717, 1.165) is 31.4 Å². The molecule has 0 bridgehead atoms. The first-order valence-electron chi connectivity index (χ1n) is 11.4. The van der Waals surface area contributed by atoms with Crippen molar-refractivity contribution in [1.82, 2.24) is 4.90 Å². The second-order valence-corrected chi connectivity index (χ2v) is 8.76. The van der Waals surface area contributed by atoms with Gasteiger partial charge in [0.15, 0.2) is 0 Å². The maximum Gasteiger partial charge on any atom is 0.120 e. The highest BCUT2D eigenvalue weighted by Gasteiger charge is 2.45. The second-order valence-electron chi connectivity index (χ2n) is 8.76. The molecule has 4 atom stereocenters. The Morgan fingerprint density at radius 1 is 1.06 bits per heavy atom. The molecule has 1 aliphatic heterocycles. The molecule has 1 heterocycles. The first-order chi connectivity index (χ1) is 15.2. The number of hydrogen-bond acceptors (Lipinski definition) is 5. The topological polar surface area (TPSA) is 59.0 Å². The number of nitrogens with zero attached hydrogens (tertiary/aromatic N) is 1. The van der Waals surface area contributed by atoms with Gasteiger partial charge in [0, 0.05) is 37.9 Å². The molecular formula is C26H33NO4. The molecule has 1 N–H and O–H groups in total. The van der Waals surface area contributed by atoms with Gasteiger partial charge in [-0.15, -0.1) is 0 Å². The van der Waals surface area contributed by atoms with Crippen LogP contribution in [0.3, 0.4) is 0 Å². The number of benzene rings is 2. The number of aldehydes is 1. The van der Waals surface area contributed by atoms with Crippen LogP contribution in [0.5, 0.6) is 0 Å². The van der Waals surface area contributed by atoms with Gasteiger partial charge in [0.1, 0.15) is 6.29 Å². The summed E-state index contributed by atoms with van der Waals surface area (Å²) in [5, 5.41) is 10.8. The zero-order chi connectivity index (χ0) is 21.6. The molecule has 1 aliphatic carbocycles. The van der Waals surface area contributed by atoms with Gasteiger partial charge in [-0.05, 0) is 30.0 Å². The first kappa shape index (κ1) is 22.2. The van der Waals surface area contributed by atoms with Crippen LogP contribution in [0.4, 0.5) is 0 Å². The summed E-state index contributed by atoms with van der Waals surface area (Å²) in [6.07, 6.45) is 2.38. The van der Waals surface area contributed by atoms with Gasteiger partial charge in [-0.2, -0.15) is 0 Å². The summed E-state index contributed by atoms with van der Waals surface area (Å²) in [6, 6.07) is 17.1. The van der Waals surface area contributed by atoms with Crippen molar-refractivity contribution >= 4 is 6.29 Å². The standard InChI is InChI=1S/C26H33NO4/c1-19-4-8-21(9-5-19)22-10-6-20(7-11-22)18-31-25-17-24(29)26(23(25)3-2-14-28)27-12-15-30-16-13-27/h4-11,14,23-26,29H,2-3,12-13,15-18H2,1H3/t23-,24+,25-,26+/m1/s1. The maximum absolute atomic E-state index is 11.0. The first-order valence-corrected chi connectivity index (χ1v) is 11.4. The van der Waals surface area contributed by atoms with Gasteiger partial charge in [-0.1, -0.05) is 54.1 Å². The number of aliphatic hydroxyl groups is 1. The molecule has 2 aliphatic rings. The van der Waals surface area contributed by atoms with E-state index in [4.69, 9.17) is 9.47 Å². The minimum atomic E-state index is -0.427. The van der Waals surface area contributed by atoms with E-state index in [1.54, 1.807) is 0 Å². The lowest BCUT2D eigenvalue weighted by molar-refractivity contribution is -0.108. The predicted molar refractivity (Wildman–Crippen MR) is 121 cm³/mol. The van der Waals surface area contributed by atoms with Crippen molar-refractivity contribution in [1.29, 1.82) is 0 Å². The zero-order valence-electron chi connectivity index (χ0n) is 18.3. The molecule has 0 radical (unpaired) electrons. The van der Waals surface area contributed by atoms with E-state index < -0.39 is 6.10 Å². The summed E-state index contributed by atoms with van der Waals surface area (Å²) >= 11 is 0. The minimum Gasteiger partial charge on any atom is -0.391 e. The van der Waals surface area contributed by atoms with Crippen molar-refractivity contribution in [2.75, 3.05) is 26.3 Å². The van der Waals surface area contributed by atoms with E-state index in [-0.39, 0.29) is 18.1 Å². The third kappa shape index (κ3) is 5.42. The lowest BCUT2D eigenvalue weighted by Crippen LogP contribution is -2.50. The number of carbonyl (C=O) groups excluding carboxylic acids is 1. The fourth-order valence-electron chi connectivity index (χ4n) is 5.00. The monoisotopic (exact) mass is 423 g/mol. The van der Waals surface area contributed by atoms with Gasteiger partial charge in [0.25, 0.3) is 0 Å². The summed E-state index contributed by atoms with van der Waals surface area (Å²) in [6.45, 7) is 5.65. The molecule has 2 aromatic rings. The summed E-state index contributed by atoms with van der Waals surface area (Å²) in [5.74, 6) is 0.158. The number of carbonyl (C=O) groups is 1. The lowest BCUT2D eigenvalue weighted by Gasteiger charge is -2.37. The van der Waals surface area contributed by atoms with Crippen LogP contribution >= 0.6 is 0 Å². The minimum absolute atomic E-state index is 0.0396. The van der Waals surface area contributed by atoms with E-state index in [0.29, 0.717) is 32.7 Å². The fraction of sp³-hybridized carbons (Fsp3) is 0.500. The Morgan fingerprint density at radius 2 is 1.71 bits per heavy atom. The second kappa shape index (κ2) is 10.5. The van der Waals surface area contributed by atoms with Crippen molar-refractivity contribution in [2.24, 2.45) is 5.92 Å². The van der Waals surface area contributed by atoms with Gasteiger partial charge in [0.2, 0.25) is 0 Å². The Kier molecular flexibility index (Phi) is 7.51. The highest BCUT2D eigenvalue weighted by molar-refractivity contribution is 5.63. The molecule has 31 heavy (non-hydrogen) atoms. The molecule has 0 spiro atoms. The summed E-state index contributed by atoms with van der Waals surface area (Å²) in [5.41, 5.74) is 4.77. The Bertz CT molecular complexity index is 829. The number of rotatable bonds is 8. The van der Waals surface area contributed by atoms with Gasteiger partial charge in [-0.3, -0.25) is 4.90 Å². The van der Waals surface area contributed by atoms with Crippen LogP contribution < -0.4 is 0 Å². The van der Waals surface area contributed by atoms with Gasteiger partial charge in [-0.25, -0.2) is 0 Å². The summed E-state index contributed by atoms with van der Waals surface area (Å²) in [4.78, 5) is 13.4. The number of aryl methyl sites for hydroxylation is 1. The smallest absolute Gasteiger partial charge is 0.120 e. The van der Waals surface area contributed by atoms with Gasteiger partial charge >= 0.3 is 0 Å². The van der Waals surface area contributed by atoms with Crippen molar-refractivity contribution < 1.29 is 19.4 Å². The van der Waals surface area contributed by atoms with Crippen LogP contribution in [0, 0.1) is 12.8 Å². The van der Waals surface area contributed by atoms with Crippen LogP contribution in [-0.2, 0) is 20.9 Å². The molecule has 2 aromatic carbocycles. The highest BCUT2D eigenvalue weighted by atomic mass is 16.5. The molecular weight excluding hydrogens is 390 g/mol. The number of morpholine rings is 1. The van der Waals surface area contributed by atoms with Gasteiger partial charge in [0.05, 0.1) is 32.0 Å². The van der Waals surface area contributed by atoms with Crippen LogP contribution in [-0.4, -0.2) is 60.8 Å². The predicted octanol–water partition coefficient (Wildman–Crippen LogP) is 3.61. The maximum atomic E-state index is 11.0. The van der Waals surface area contributed by atoms with Crippen LogP contribution in [0.1, 0.15) is 30.4 Å². The van der Waals surface area contributed by atoms with Crippen molar-refractivity contribution in [3.8, 4) is 11.1 Å². The Hall–Kier alpha value is -2.05. The largest absolute Gasteiger partial charge is 0.391 e. The molecule has 0 unspecified atom stereocenters. The van der Waals surface area contributed by atoms with Crippen molar-refractivity contribution in [2.45, 2.75) is 51.0 Å². The molecule has 0 aromatic heterocycles. The SMILES string of the molecule is Cc1ccc(-c2ccc(CO[C@@H]3C[C@H](O)[C@@H](N4CCOCC4)[C@@H]3CCC=O)cc2)cc1. The third-order valence-electron chi connectivity index (χ3n) is 6.67. The van der Waals surface area contributed by atoms with E-state index in [2.05, 4.69) is 60.4 Å². The van der Waals surface area contributed by atoms with E-state index in [9.17, 15) is 9.90 Å². The third-order valence-corrected chi connectivity index (χ3v) is 6.67. The van der Waals surface area contributed by atoms with Gasteiger partial charge < -0.3 is 19.4 Å². The van der Waals surface area contributed by atoms with Crippen LogP contribution in [0.15, 0.2) is 48.5 Å². The Balaban J connectivity index is 1.40. The number of aliphatic hydroxyl groups excluding tert-OH is 1. The highest BCUT2D eigenvalue weighted by Crippen LogP contribution is 2.36.